The summed E-state index contributed by atoms with van der Waals surface area (Å²) in [5.74, 6) is 0. The minimum atomic E-state index is -1.44. The van der Waals surface area contributed by atoms with Crippen LogP contribution in [0.25, 0.3) is 0 Å². The molecule has 14 heavy (non-hydrogen) atoms. The van der Waals surface area contributed by atoms with Crippen molar-refractivity contribution in [3.8, 4) is 0 Å². The Balaban J connectivity index is 4.24. The molecule has 0 saturated heterocycles. The molecule has 8 heteroatoms. The summed E-state index contributed by atoms with van der Waals surface area (Å²) in [7, 11) is 7.05. The summed E-state index contributed by atoms with van der Waals surface area (Å²) in [5, 5.41) is 34.7. The van der Waals surface area contributed by atoms with Crippen molar-refractivity contribution in [2.45, 2.75) is 24.4 Å². The average Bonchev–Trinajstić information content (AvgIpc) is 2.19. The highest BCUT2D eigenvalue weighted by Gasteiger charge is 2.30. The predicted octanol–water partition coefficient (Wildman–Crippen LogP) is -3.09. The number of rotatable bonds is 8. The largest absolute Gasteiger partial charge is 0.440 e. The van der Waals surface area contributed by atoms with E-state index in [-0.39, 0.29) is 6.54 Å². The van der Waals surface area contributed by atoms with Crippen LogP contribution in [0.3, 0.4) is 0 Å². The zero-order chi connectivity index (χ0) is 11.8. The Bertz CT molecular complexity index is 170. The molecule has 0 aliphatic heterocycles. The minimum absolute atomic E-state index is 0.109. The summed E-state index contributed by atoms with van der Waals surface area (Å²) >= 11 is 0. The van der Waals surface area contributed by atoms with Crippen molar-refractivity contribution in [2.24, 2.45) is 0 Å². The van der Waals surface area contributed by atoms with Gasteiger partial charge in [-0.25, -0.2) is 0 Å². The van der Waals surface area contributed by atoms with Crippen LogP contribution in [0.1, 0.15) is 0 Å². The number of aliphatic hydroxyl groups is 4. The molecular formula is C6H15BNO5P. The van der Waals surface area contributed by atoms with Gasteiger partial charge in [-0.1, -0.05) is 9.39 Å². The number of aliphatic hydroxyl groups excluding tert-OH is 4. The van der Waals surface area contributed by atoms with E-state index in [1.54, 1.807) is 0 Å². The van der Waals surface area contributed by atoms with E-state index < -0.39 is 31.0 Å². The standard InChI is InChI=1S/C6H15BNO5P/c7-13-6(3(10)1-8-14)5(12)4(11)2-9/h3-6,8-12H,1-2,14H2/t3-,4+,5+,6+/m0/s1/i9D. The highest BCUT2D eigenvalue weighted by molar-refractivity contribution is 7.13. The van der Waals surface area contributed by atoms with E-state index in [0.29, 0.717) is 0 Å². The summed E-state index contributed by atoms with van der Waals surface area (Å²) < 4.78 is 10.8. The molecule has 0 aromatic rings. The zero-order valence-corrected chi connectivity index (χ0v) is 8.69. The number of hydrogen-bond donors (Lipinski definition) is 5. The Morgan fingerprint density at radius 2 is 2.07 bits per heavy atom. The molecule has 0 fully saturated rings. The molecule has 0 bridgehead atoms. The summed E-state index contributed by atoms with van der Waals surface area (Å²) in [6.07, 6.45) is -5.05. The fraction of sp³-hybridized carbons (Fsp3) is 1.00. The zero-order valence-electron chi connectivity index (χ0n) is 8.54. The second-order valence-corrected chi connectivity index (χ2v) is 3.21. The van der Waals surface area contributed by atoms with Crippen LogP contribution in [0.15, 0.2) is 0 Å². The average molecular weight is 224 g/mol. The van der Waals surface area contributed by atoms with Crippen molar-refractivity contribution < 1.29 is 25.1 Å². The van der Waals surface area contributed by atoms with Gasteiger partial charge in [-0.2, -0.15) is 0 Å². The summed E-state index contributed by atoms with van der Waals surface area (Å²) in [5.41, 5.74) is 0. The maximum Gasteiger partial charge on any atom is 0.283 e. The van der Waals surface area contributed by atoms with E-state index in [2.05, 4.69) is 24.2 Å². The van der Waals surface area contributed by atoms with Gasteiger partial charge in [-0.05, 0) is 0 Å². The van der Waals surface area contributed by atoms with E-state index in [9.17, 15) is 15.3 Å². The van der Waals surface area contributed by atoms with Crippen molar-refractivity contribution in [1.82, 2.24) is 5.09 Å². The van der Waals surface area contributed by atoms with E-state index in [0.717, 1.165) is 0 Å². The molecule has 0 saturated carbocycles. The summed E-state index contributed by atoms with van der Waals surface area (Å²) in [6.45, 7) is -0.292. The van der Waals surface area contributed by atoms with Crippen LogP contribution in [0.2, 0.25) is 0 Å². The molecule has 0 aromatic heterocycles. The lowest BCUT2D eigenvalue weighted by molar-refractivity contribution is -0.101. The van der Waals surface area contributed by atoms with Crippen LogP contribution < -0.4 is 5.09 Å². The lowest BCUT2D eigenvalue weighted by Crippen LogP contribution is -2.49. The third-order valence-electron chi connectivity index (χ3n) is 1.76. The van der Waals surface area contributed by atoms with Crippen LogP contribution in [0.4, 0.5) is 0 Å². The maximum absolute atomic E-state index is 9.49. The van der Waals surface area contributed by atoms with E-state index in [1.165, 1.54) is 0 Å². The Kier molecular flexibility index (Phi) is 6.63. The summed E-state index contributed by atoms with van der Waals surface area (Å²) in [4.78, 5) is 0. The van der Waals surface area contributed by atoms with E-state index in [1.807, 2.05) is 0 Å². The molecule has 0 aromatic carbocycles. The van der Waals surface area contributed by atoms with Gasteiger partial charge in [0.25, 0.3) is 8.05 Å². The predicted molar refractivity (Wildman–Crippen MR) is 53.4 cm³/mol. The molecule has 0 amide bonds. The highest BCUT2D eigenvalue weighted by Crippen LogP contribution is 2.08. The van der Waals surface area contributed by atoms with Gasteiger partial charge in [-0.3, -0.25) is 5.09 Å². The van der Waals surface area contributed by atoms with Crippen molar-refractivity contribution >= 4 is 17.4 Å². The summed E-state index contributed by atoms with van der Waals surface area (Å²) in [6, 6.07) is 0. The van der Waals surface area contributed by atoms with Crippen molar-refractivity contribution in [3.05, 3.63) is 0 Å². The smallest absolute Gasteiger partial charge is 0.283 e. The molecule has 0 aliphatic rings. The van der Waals surface area contributed by atoms with Crippen LogP contribution in [0, 0.1) is 0 Å². The van der Waals surface area contributed by atoms with E-state index >= 15 is 0 Å². The van der Waals surface area contributed by atoms with Gasteiger partial charge >= 0.3 is 0 Å². The van der Waals surface area contributed by atoms with Gasteiger partial charge in [0.15, 0.2) is 0 Å². The number of hydrogen-bond acceptors (Lipinski definition) is 6. The van der Waals surface area contributed by atoms with Gasteiger partial charge in [0, 0.05) is 6.54 Å². The molecule has 82 valence electrons. The fourth-order valence-corrected chi connectivity index (χ4v) is 1.19. The molecule has 1 unspecified atom stereocenters. The Labute approximate surface area is 87.5 Å². The van der Waals surface area contributed by atoms with Crippen LogP contribution in [0.5, 0.6) is 0 Å². The molecule has 6 nitrogen and oxygen atoms in total. The van der Waals surface area contributed by atoms with E-state index in [4.69, 9.17) is 9.48 Å². The molecule has 2 radical (unpaired) electrons. The van der Waals surface area contributed by atoms with Crippen LogP contribution in [-0.2, 0) is 4.65 Å². The minimum Gasteiger partial charge on any atom is -0.440 e. The third kappa shape index (κ3) is 4.19. The first-order valence-corrected chi connectivity index (χ1v) is 4.57. The van der Waals surface area contributed by atoms with Gasteiger partial charge < -0.3 is 25.1 Å². The lowest BCUT2D eigenvalue weighted by atomic mass is 10.0. The molecular weight excluding hydrogens is 208 g/mol. The van der Waals surface area contributed by atoms with Gasteiger partial charge in [-0.15, -0.1) is 0 Å². The Morgan fingerprint density at radius 3 is 2.50 bits per heavy atom. The lowest BCUT2D eigenvalue weighted by Gasteiger charge is -2.29. The maximum atomic E-state index is 9.49. The van der Waals surface area contributed by atoms with Gasteiger partial charge in [0.2, 0.25) is 1.43 Å². The van der Waals surface area contributed by atoms with Gasteiger partial charge in [0.05, 0.1) is 18.8 Å². The normalized spacial score (nSPS) is 21.0. The van der Waals surface area contributed by atoms with Crippen LogP contribution >= 0.6 is 9.39 Å². The first-order valence-electron chi connectivity index (χ1n) is 4.40. The Hall–Kier alpha value is 0.255. The molecule has 0 rings (SSSR count). The second-order valence-electron chi connectivity index (χ2n) is 2.80. The first kappa shape index (κ1) is 12.3. The topological polar surface area (TPSA) is 102 Å². The highest BCUT2D eigenvalue weighted by atomic mass is 31.0. The quantitative estimate of drug-likeness (QED) is 0.221. The number of nitrogens with one attached hydrogen (secondary N) is 1. The third-order valence-corrected chi connectivity index (χ3v) is 2.00. The molecule has 5 atom stereocenters. The molecule has 0 spiro atoms. The molecule has 0 aliphatic carbocycles. The molecule has 0 heterocycles. The van der Waals surface area contributed by atoms with Crippen LogP contribution in [-0.4, -0.2) is 67.5 Å². The van der Waals surface area contributed by atoms with Gasteiger partial charge in [0.1, 0.15) is 12.2 Å². The SMILES string of the molecule is [2H]OC[C@@H](O)[C@@H](O)[C@H](O[B])[C@@H](O)CNP. The monoisotopic (exact) mass is 224 g/mol. The first-order chi connectivity index (χ1) is 7.08. The van der Waals surface area contributed by atoms with Crippen molar-refractivity contribution in [1.29, 1.82) is 1.43 Å². The molecule has 5 N–H and O–H groups in total. The van der Waals surface area contributed by atoms with Crippen molar-refractivity contribution in [3.63, 3.8) is 0 Å². The van der Waals surface area contributed by atoms with Crippen molar-refractivity contribution in [2.75, 3.05) is 13.2 Å². The second kappa shape index (κ2) is 7.53. The fourth-order valence-electron chi connectivity index (χ4n) is 0.953. The Morgan fingerprint density at radius 1 is 1.43 bits per heavy atom.